The van der Waals surface area contributed by atoms with Gasteiger partial charge in [0.25, 0.3) is 0 Å². The summed E-state index contributed by atoms with van der Waals surface area (Å²) in [6.45, 7) is 9.55. The molecule has 5 nitrogen and oxygen atoms in total. The highest BCUT2D eigenvalue weighted by molar-refractivity contribution is 6.11. The van der Waals surface area contributed by atoms with Gasteiger partial charge in [-0.15, -0.1) is 0 Å². The second-order valence-corrected chi connectivity index (χ2v) is 22.9. The molecular weight excluding hydrogens is 1030 g/mol. The number of aromatic nitrogens is 4. The van der Waals surface area contributed by atoms with Crippen molar-refractivity contribution in [3.05, 3.63) is 314 Å². The summed E-state index contributed by atoms with van der Waals surface area (Å²) in [5.41, 5.74) is 23.2. The standard InChI is InChI=1S/C80H59N5/c1-4-55-22-8-14-33-73(55)82-54(3)45-62(83-74-34-15-9-28-65(74)66-29-10-16-35-75(66)83)44-53(2)71-49-59(58-26-20-25-57(46-58)56-23-6-5-7-24-56)50-72(81-71)60-47-63(84-76-36-17-11-30-67(76)68-31-12-18-37-77(68)84)51-64(48-60)85-78-38-19-13-32-69(78)70-39-42-80(43-40-79(70)85)41-21-27-61(82)52-80/h5-51H,3-4,52H2,1-2H3/b53-44+,62-45+. The Bertz CT molecular complexity index is 5010. The quantitative estimate of drug-likeness (QED) is 0.166. The summed E-state index contributed by atoms with van der Waals surface area (Å²) in [5.74, 6) is 0. The van der Waals surface area contributed by atoms with Crippen LogP contribution < -0.4 is 4.90 Å². The SMILES string of the molecule is C=C1/C=C(n2c3ccccc3c3ccccc32)\C=C(/C)c2cc(-c3cccc(-c4ccccc4)c3)cc(n2)-c2cc(cc(-n3c4ccccc4c4ccccc43)c2)-n2c3c(c4ccccc42)C=CC2(C=CC=C(C2)N1c1ccccc1CC)C=C3. The van der Waals surface area contributed by atoms with Crippen molar-refractivity contribution >= 4 is 83.6 Å². The van der Waals surface area contributed by atoms with E-state index in [0.717, 1.165) is 113 Å². The molecule has 404 valence electrons. The molecule has 5 heteroatoms. The summed E-state index contributed by atoms with van der Waals surface area (Å²) in [7, 11) is 0. The molecule has 13 aromatic rings. The molecule has 9 aromatic carbocycles. The lowest BCUT2D eigenvalue weighted by Gasteiger charge is -2.36. The number of hydrogen-bond donors (Lipinski definition) is 0. The minimum atomic E-state index is -0.458. The second-order valence-electron chi connectivity index (χ2n) is 22.9. The minimum absolute atomic E-state index is 0.458. The summed E-state index contributed by atoms with van der Waals surface area (Å²) < 4.78 is 7.35. The Balaban J connectivity index is 1.02. The Labute approximate surface area is 495 Å². The van der Waals surface area contributed by atoms with Crippen molar-refractivity contribution in [3.8, 4) is 44.9 Å². The van der Waals surface area contributed by atoms with Gasteiger partial charge in [0, 0.05) is 84.0 Å². The van der Waals surface area contributed by atoms with Crippen LogP contribution in [0.4, 0.5) is 5.69 Å². The lowest BCUT2D eigenvalue weighted by atomic mass is 9.79. The van der Waals surface area contributed by atoms with Crippen molar-refractivity contribution in [2.24, 2.45) is 5.41 Å². The van der Waals surface area contributed by atoms with Crippen molar-refractivity contribution in [2.45, 2.75) is 26.7 Å². The molecule has 0 amide bonds. The lowest BCUT2D eigenvalue weighted by molar-refractivity contribution is 0.608. The highest BCUT2D eigenvalue weighted by Crippen LogP contribution is 2.46. The number of para-hydroxylation sites is 6. The van der Waals surface area contributed by atoms with Crippen LogP contribution in [-0.4, -0.2) is 18.7 Å². The monoisotopic (exact) mass is 1090 g/mol. The number of anilines is 1. The van der Waals surface area contributed by atoms with E-state index in [2.05, 4.69) is 318 Å². The predicted octanol–water partition coefficient (Wildman–Crippen LogP) is 20.6. The molecule has 4 aromatic heterocycles. The average Bonchev–Trinajstić information content (AvgIpc) is 2.01. The van der Waals surface area contributed by atoms with Crippen molar-refractivity contribution in [2.75, 3.05) is 4.90 Å². The summed E-state index contributed by atoms with van der Waals surface area (Å²) >= 11 is 0. The molecule has 0 N–H and O–H groups in total. The fraction of sp³-hybridized carbons (Fsp3) is 0.0625. The third-order valence-electron chi connectivity index (χ3n) is 17.8. The number of aryl methyl sites for hydroxylation is 1. The van der Waals surface area contributed by atoms with Crippen LogP contribution in [0.15, 0.2) is 291 Å². The molecule has 16 rings (SSSR count). The van der Waals surface area contributed by atoms with E-state index in [1.807, 2.05) is 0 Å². The third-order valence-corrected chi connectivity index (χ3v) is 17.8. The number of benzene rings is 9. The van der Waals surface area contributed by atoms with Crippen LogP contribution in [0.25, 0.3) is 123 Å². The van der Waals surface area contributed by atoms with Gasteiger partial charge in [0.15, 0.2) is 0 Å². The molecular formula is C80H59N5. The molecule has 1 spiro atoms. The van der Waals surface area contributed by atoms with Crippen molar-refractivity contribution in [1.29, 1.82) is 0 Å². The summed E-state index contributed by atoms with van der Waals surface area (Å²) in [4.78, 5) is 8.27. The number of rotatable bonds is 6. The number of allylic oxidation sites excluding steroid dienone is 10. The highest BCUT2D eigenvalue weighted by atomic mass is 15.2. The molecule has 1 atom stereocenters. The third kappa shape index (κ3) is 8.33. The molecule has 5 heterocycles. The number of fused-ring (bicyclic) bond motifs is 16. The van der Waals surface area contributed by atoms with Crippen LogP contribution in [0.1, 0.15) is 42.8 Å². The normalized spacial score (nSPS) is 17.0. The maximum absolute atomic E-state index is 5.85. The van der Waals surface area contributed by atoms with Gasteiger partial charge in [0.2, 0.25) is 0 Å². The molecule has 1 aliphatic heterocycles. The molecule has 0 saturated heterocycles. The van der Waals surface area contributed by atoms with E-state index >= 15 is 0 Å². The largest absolute Gasteiger partial charge is 0.314 e. The van der Waals surface area contributed by atoms with Crippen molar-refractivity contribution < 1.29 is 0 Å². The number of hydrogen-bond acceptors (Lipinski definition) is 2. The van der Waals surface area contributed by atoms with E-state index in [1.165, 1.54) is 43.6 Å². The Morgan fingerprint density at radius 2 is 1.00 bits per heavy atom. The van der Waals surface area contributed by atoms with Gasteiger partial charge in [-0.1, -0.05) is 202 Å². The summed E-state index contributed by atoms with van der Waals surface area (Å²) in [5, 5.41) is 5.99. The van der Waals surface area contributed by atoms with E-state index in [1.54, 1.807) is 0 Å². The van der Waals surface area contributed by atoms with Gasteiger partial charge in [-0.2, -0.15) is 0 Å². The van der Waals surface area contributed by atoms with E-state index in [4.69, 9.17) is 11.6 Å². The van der Waals surface area contributed by atoms with Gasteiger partial charge in [0.1, 0.15) is 0 Å². The zero-order valence-electron chi connectivity index (χ0n) is 47.5. The molecule has 1 unspecified atom stereocenters. The van der Waals surface area contributed by atoms with Gasteiger partial charge in [-0.3, -0.25) is 0 Å². The molecule has 85 heavy (non-hydrogen) atoms. The Kier molecular flexibility index (Phi) is 11.8. The topological polar surface area (TPSA) is 30.9 Å². The molecule has 2 aliphatic carbocycles. The van der Waals surface area contributed by atoms with Crippen molar-refractivity contribution in [1.82, 2.24) is 18.7 Å². The number of pyridine rings is 1. The van der Waals surface area contributed by atoms with Gasteiger partial charge < -0.3 is 18.6 Å². The van der Waals surface area contributed by atoms with Crippen LogP contribution in [-0.2, 0) is 6.42 Å². The van der Waals surface area contributed by atoms with Gasteiger partial charge in [0.05, 0.1) is 44.7 Å². The summed E-state index contributed by atoms with van der Waals surface area (Å²) in [6, 6.07) is 84.2. The molecule has 3 aliphatic rings. The maximum atomic E-state index is 5.85. The van der Waals surface area contributed by atoms with E-state index in [9.17, 15) is 0 Å². The minimum Gasteiger partial charge on any atom is -0.314 e. The van der Waals surface area contributed by atoms with E-state index in [0.29, 0.717) is 6.42 Å². The highest BCUT2D eigenvalue weighted by Gasteiger charge is 2.32. The first-order chi connectivity index (χ1) is 41.9. The van der Waals surface area contributed by atoms with Gasteiger partial charge >= 0.3 is 0 Å². The fourth-order valence-electron chi connectivity index (χ4n) is 13.8. The molecule has 0 saturated carbocycles. The fourth-order valence-corrected chi connectivity index (χ4v) is 13.8. The Morgan fingerprint density at radius 3 is 1.67 bits per heavy atom. The van der Waals surface area contributed by atoms with Crippen LogP contribution in [0.2, 0.25) is 0 Å². The van der Waals surface area contributed by atoms with Crippen molar-refractivity contribution in [3.63, 3.8) is 0 Å². The maximum Gasteiger partial charge on any atom is 0.0717 e. The Hall–Kier alpha value is -10.8. The zero-order valence-corrected chi connectivity index (χ0v) is 47.5. The summed E-state index contributed by atoms with van der Waals surface area (Å²) in [6.07, 6.45) is 22.7. The van der Waals surface area contributed by atoms with E-state index in [-0.39, 0.29) is 0 Å². The average molecular weight is 1090 g/mol. The first-order valence-corrected chi connectivity index (χ1v) is 29.6. The number of nitrogens with zero attached hydrogens (tertiary/aromatic N) is 5. The van der Waals surface area contributed by atoms with Crippen LogP contribution in [0.5, 0.6) is 0 Å². The molecule has 7 bridgehead atoms. The molecule has 0 radical (unpaired) electrons. The Morgan fingerprint density at radius 1 is 0.459 bits per heavy atom. The van der Waals surface area contributed by atoms with Gasteiger partial charge in [-0.25, -0.2) is 4.98 Å². The van der Waals surface area contributed by atoms with E-state index < -0.39 is 5.41 Å². The smallest absolute Gasteiger partial charge is 0.0717 e. The second kappa shape index (κ2) is 20.0. The van der Waals surface area contributed by atoms with Crippen LogP contribution in [0, 0.1) is 5.41 Å². The predicted molar refractivity (Wildman–Crippen MR) is 359 cm³/mol. The first kappa shape index (κ1) is 50.0. The van der Waals surface area contributed by atoms with Crippen LogP contribution >= 0.6 is 0 Å². The molecule has 0 fully saturated rings. The first-order valence-electron chi connectivity index (χ1n) is 29.6. The van der Waals surface area contributed by atoms with Crippen LogP contribution in [0.3, 0.4) is 0 Å². The van der Waals surface area contributed by atoms with Gasteiger partial charge in [-0.05, 0) is 144 Å². The zero-order chi connectivity index (χ0) is 56.8. The lowest BCUT2D eigenvalue weighted by Crippen LogP contribution is -2.27.